The van der Waals surface area contributed by atoms with Gasteiger partial charge in [-0.2, -0.15) is 0 Å². The molecule has 1 nitrogen and oxygen atoms in total. The van der Waals surface area contributed by atoms with Gasteiger partial charge in [-0.05, 0) is 0 Å². The molecule has 64 valence electrons. The average Bonchev–Trinajstić information content (AvgIpc) is 1.09. The first kappa shape index (κ1) is 10.4. The second-order valence-corrected chi connectivity index (χ2v) is 12.1. The maximum atomic E-state index is 9.95. The molecule has 0 spiro atoms. The molecule has 0 aromatic carbocycles. The first-order valence-electron chi connectivity index (χ1n) is 3.71. The standard InChI is InChI=1S/C8H21OP/c1-8(2,3)7-10(4,5,6)9/h9H,7H2,1-6H3. The van der Waals surface area contributed by atoms with Crippen LogP contribution in [0.2, 0.25) is 0 Å². The van der Waals surface area contributed by atoms with Crippen LogP contribution in [0.4, 0.5) is 0 Å². The Hall–Kier alpha value is 0.390. The summed E-state index contributed by atoms with van der Waals surface area (Å²) in [6.45, 7) is 10.2. The molecular formula is C8H21OP. The molecule has 0 bridgehead atoms. The Morgan fingerprint density at radius 3 is 1.40 bits per heavy atom. The minimum absolute atomic E-state index is 0.255. The quantitative estimate of drug-likeness (QED) is 0.590. The zero-order chi connectivity index (χ0) is 8.65. The molecule has 0 radical (unpaired) electrons. The van der Waals surface area contributed by atoms with Crippen LogP contribution >= 0.6 is 6.83 Å². The SMILES string of the molecule is CC(C)(C)CP(C)(C)(C)O. The fourth-order valence-electron chi connectivity index (χ4n) is 1.64. The fraction of sp³-hybridized carbons (Fsp3) is 1.00. The molecule has 0 saturated heterocycles. The Morgan fingerprint density at radius 2 is 1.40 bits per heavy atom. The Balaban J connectivity index is 4.18. The summed E-state index contributed by atoms with van der Waals surface area (Å²) in [4.78, 5) is 9.95. The fourth-order valence-corrected chi connectivity index (χ4v) is 4.91. The molecule has 0 aliphatic heterocycles. The molecule has 0 fully saturated rings. The van der Waals surface area contributed by atoms with Crippen LogP contribution in [0.1, 0.15) is 20.8 Å². The van der Waals surface area contributed by atoms with Crippen LogP contribution < -0.4 is 0 Å². The summed E-state index contributed by atoms with van der Waals surface area (Å²) in [7, 11) is 0. The third kappa shape index (κ3) is 8.39. The van der Waals surface area contributed by atoms with Gasteiger partial charge in [-0.1, -0.05) is 0 Å². The molecule has 2 heteroatoms. The Kier molecular flexibility index (Phi) is 2.27. The van der Waals surface area contributed by atoms with Crippen LogP contribution in [0.3, 0.4) is 0 Å². The van der Waals surface area contributed by atoms with E-state index < -0.39 is 6.83 Å². The summed E-state index contributed by atoms with van der Waals surface area (Å²) in [5.41, 5.74) is 0.255. The molecule has 0 aliphatic carbocycles. The van der Waals surface area contributed by atoms with Gasteiger partial charge in [0.05, 0.1) is 0 Å². The number of rotatable bonds is 1. The Bertz CT molecular complexity index is 115. The third-order valence-electron chi connectivity index (χ3n) is 1.02. The van der Waals surface area contributed by atoms with E-state index in [1.54, 1.807) is 0 Å². The van der Waals surface area contributed by atoms with Gasteiger partial charge in [-0.15, -0.1) is 0 Å². The van der Waals surface area contributed by atoms with Gasteiger partial charge in [0.2, 0.25) is 0 Å². The van der Waals surface area contributed by atoms with Gasteiger partial charge in [0, 0.05) is 0 Å². The summed E-state index contributed by atoms with van der Waals surface area (Å²) in [5.74, 6) is 0. The summed E-state index contributed by atoms with van der Waals surface area (Å²) < 4.78 is 0. The van der Waals surface area contributed by atoms with E-state index in [1.165, 1.54) is 0 Å². The van der Waals surface area contributed by atoms with Crippen molar-refractivity contribution < 1.29 is 4.89 Å². The van der Waals surface area contributed by atoms with Crippen LogP contribution in [-0.2, 0) is 0 Å². The van der Waals surface area contributed by atoms with Gasteiger partial charge < -0.3 is 0 Å². The normalized spacial score (nSPS) is 18.1. The molecule has 0 aromatic heterocycles. The van der Waals surface area contributed by atoms with Gasteiger partial charge in [-0.25, -0.2) is 0 Å². The minimum atomic E-state index is -2.25. The van der Waals surface area contributed by atoms with Crippen LogP contribution in [0.5, 0.6) is 0 Å². The van der Waals surface area contributed by atoms with Gasteiger partial charge >= 0.3 is 64.1 Å². The van der Waals surface area contributed by atoms with Crippen molar-refractivity contribution in [3.8, 4) is 0 Å². The van der Waals surface area contributed by atoms with E-state index in [-0.39, 0.29) is 5.41 Å². The third-order valence-corrected chi connectivity index (χ3v) is 3.06. The van der Waals surface area contributed by atoms with Crippen molar-refractivity contribution in [3.63, 3.8) is 0 Å². The van der Waals surface area contributed by atoms with Crippen LogP contribution in [0, 0.1) is 5.41 Å². The summed E-state index contributed by atoms with van der Waals surface area (Å²) in [6.07, 6.45) is 0.943. The van der Waals surface area contributed by atoms with Gasteiger partial charge in [0.15, 0.2) is 0 Å². The molecule has 0 amide bonds. The van der Waals surface area contributed by atoms with Gasteiger partial charge in [0.25, 0.3) is 0 Å². The molecule has 0 heterocycles. The first-order valence-corrected chi connectivity index (χ1v) is 7.43. The zero-order valence-electron chi connectivity index (χ0n) is 8.10. The van der Waals surface area contributed by atoms with E-state index in [0.717, 1.165) is 6.16 Å². The van der Waals surface area contributed by atoms with Crippen molar-refractivity contribution in [3.05, 3.63) is 0 Å². The Morgan fingerprint density at radius 1 is 1.10 bits per heavy atom. The van der Waals surface area contributed by atoms with Gasteiger partial charge in [0.1, 0.15) is 0 Å². The number of hydrogen-bond acceptors (Lipinski definition) is 1. The summed E-state index contributed by atoms with van der Waals surface area (Å²) >= 11 is 0. The van der Waals surface area contributed by atoms with Gasteiger partial charge in [-0.3, -0.25) is 0 Å². The van der Waals surface area contributed by atoms with Crippen molar-refractivity contribution in [2.75, 3.05) is 26.2 Å². The maximum absolute atomic E-state index is 9.95. The predicted molar refractivity (Wildman–Crippen MR) is 51.2 cm³/mol. The van der Waals surface area contributed by atoms with E-state index in [1.807, 2.05) is 20.0 Å². The molecular weight excluding hydrogens is 143 g/mol. The average molecular weight is 164 g/mol. The summed E-state index contributed by atoms with van der Waals surface area (Å²) in [6, 6.07) is 0. The number of hydrogen-bond donors (Lipinski definition) is 1. The van der Waals surface area contributed by atoms with Crippen LogP contribution in [0.25, 0.3) is 0 Å². The molecule has 0 unspecified atom stereocenters. The molecule has 0 rings (SSSR count). The Labute approximate surface area is 64.8 Å². The molecule has 10 heavy (non-hydrogen) atoms. The second-order valence-electron chi connectivity index (χ2n) is 5.75. The van der Waals surface area contributed by atoms with E-state index in [2.05, 4.69) is 20.8 Å². The molecule has 1 N–H and O–H groups in total. The molecule has 0 aromatic rings. The van der Waals surface area contributed by atoms with E-state index >= 15 is 0 Å². The first-order chi connectivity index (χ1) is 3.96. The summed E-state index contributed by atoms with van der Waals surface area (Å²) in [5, 5.41) is 0. The monoisotopic (exact) mass is 164 g/mol. The van der Waals surface area contributed by atoms with Crippen molar-refractivity contribution in [1.29, 1.82) is 0 Å². The van der Waals surface area contributed by atoms with Crippen molar-refractivity contribution >= 4 is 6.83 Å². The second kappa shape index (κ2) is 2.19. The molecule has 0 saturated carbocycles. The zero-order valence-corrected chi connectivity index (χ0v) is 9.00. The predicted octanol–water partition coefficient (Wildman–Crippen LogP) is 2.38. The van der Waals surface area contributed by atoms with Crippen molar-refractivity contribution in [1.82, 2.24) is 0 Å². The van der Waals surface area contributed by atoms with Crippen molar-refractivity contribution in [2.24, 2.45) is 5.41 Å². The van der Waals surface area contributed by atoms with Crippen LogP contribution in [-0.4, -0.2) is 31.0 Å². The molecule has 0 atom stereocenters. The van der Waals surface area contributed by atoms with Crippen LogP contribution in [0.15, 0.2) is 0 Å². The van der Waals surface area contributed by atoms with E-state index in [9.17, 15) is 4.89 Å². The van der Waals surface area contributed by atoms with Crippen molar-refractivity contribution in [2.45, 2.75) is 20.8 Å². The van der Waals surface area contributed by atoms with E-state index in [4.69, 9.17) is 0 Å². The van der Waals surface area contributed by atoms with E-state index in [0.29, 0.717) is 0 Å². The topological polar surface area (TPSA) is 20.2 Å². The molecule has 0 aliphatic rings.